The molecule has 3 unspecified atom stereocenters. The Hall–Kier alpha value is -0.970. The van der Waals surface area contributed by atoms with E-state index in [0.717, 1.165) is 44.1 Å². The summed E-state index contributed by atoms with van der Waals surface area (Å²) in [6, 6.07) is 6.54. The second-order valence-electron chi connectivity index (χ2n) is 7.34. The molecule has 1 aromatic rings. The smallest absolute Gasteiger partial charge is 0.194 e. The molecule has 2 saturated heterocycles. The van der Waals surface area contributed by atoms with Crippen LogP contribution in [0.4, 0.5) is 4.39 Å². The van der Waals surface area contributed by atoms with E-state index in [9.17, 15) is 4.39 Å². The van der Waals surface area contributed by atoms with Gasteiger partial charge in [-0.05, 0) is 44.4 Å². The van der Waals surface area contributed by atoms with Crippen LogP contribution in [0.25, 0.3) is 0 Å². The molecule has 3 rings (SSSR count). The molecule has 0 radical (unpaired) electrons. The fraction of sp³-hybridized carbons (Fsp3) is 0.667. The van der Waals surface area contributed by atoms with Crippen LogP contribution in [-0.4, -0.2) is 69.1 Å². The second kappa shape index (κ2) is 12.7. The van der Waals surface area contributed by atoms with Gasteiger partial charge in [-0.3, -0.25) is 4.99 Å². The number of nitrogens with one attached hydrogen (secondary N) is 1. The number of ether oxygens (including phenoxy) is 3. The summed E-state index contributed by atoms with van der Waals surface area (Å²) in [7, 11) is 0. The zero-order valence-corrected chi connectivity index (χ0v) is 19.6. The first kappa shape index (κ1) is 24.3. The van der Waals surface area contributed by atoms with Gasteiger partial charge >= 0.3 is 0 Å². The van der Waals surface area contributed by atoms with Gasteiger partial charge in [-0.15, -0.1) is 24.0 Å². The highest BCUT2D eigenvalue weighted by Gasteiger charge is 2.28. The van der Waals surface area contributed by atoms with Gasteiger partial charge in [0, 0.05) is 19.7 Å². The predicted octanol–water partition coefficient (Wildman–Crippen LogP) is 3.37. The van der Waals surface area contributed by atoms with Gasteiger partial charge in [0.15, 0.2) is 5.96 Å². The number of guanidine groups is 1. The highest BCUT2D eigenvalue weighted by Crippen LogP contribution is 2.25. The van der Waals surface area contributed by atoms with Crippen molar-refractivity contribution in [1.82, 2.24) is 10.2 Å². The summed E-state index contributed by atoms with van der Waals surface area (Å²) in [6.45, 7) is 9.02. The highest BCUT2D eigenvalue weighted by atomic mass is 127. The summed E-state index contributed by atoms with van der Waals surface area (Å²) in [5, 5.41) is 3.37. The van der Waals surface area contributed by atoms with Crippen molar-refractivity contribution in [2.45, 2.75) is 45.0 Å². The largest absolute Gasteiger partial charge is 0.377 e. The van der Waals surface area contributed by atoms with Crippen molar-refractivity contribution in [2.75, 3.05) is 46.0 Å². The van der Waals surface area contributed by atoms with Crippen LogP contribution in [0.2, 0.25) is 0 Å². The van der Waals surface area contributed by atoms with Gasteiger partial charge in [0.05, 0.1) is 38.5 Å². The number of aliphatic imine (C=N–C) groups is 1. The Bertz CT molecular complexity index is 626. The second-order valence-corrected chi connectivity index (χ2v) is 7.34. The Balaban J connectivity index is 0.00000300. The third-order valence-corrected chi connectivity index (χ3v) is 4.96. The molecule has 2 aliphatic heterocycles. The lowest BCUT2D eigenvalue weighted by atomic mass is 10.1. The van der Waals surface area contributed by atoms with Crippen molar-refractivity contribution in [3.05, 3.63) is 35.6 Å². The van der Waals surface area contributed by atoms with Gasteiger partial charge in [-0.25, -0.2) is 4.39 Å². The summed E-state index contributed by atoms with van der Waals surface area (Å²) in [5.41, 5.74) is 0.980. The molecule has 3 atom stereocenters. The molecular formula is C21H33FIN3O3. The maximum Gasteiger partial charge on any atom is 0.194 e. The number of hydrogen-bond donors (Lipinski definition) is 1. The van der Waals surface area contributed by atoms with E-state index in [2.05, 4.69) is 24.1 Å². The minimum Gasteiger partial charge on any atom is -0.377 e. The van der Waals surface area contributed by atoms with Crippen molar-refractivity contribution in [3.63, 3.8) is 0 Å². The molecule has 0 aromatic heterocycles. The molecule has 0 amide bonds. The topological polar surface area (TPSA) is 55.3 Å². The van der Waals surface area contributed by atoms with Crippen LogP contribution in [0.15, 0.2) is 29.3 Å². The summed E-state index contributed by atoms with van der Waals surface area (Å²) in [4.78, 5) is 6.94. The third kappa shape index (κ3) is 7.66. The van der Waals surface area contributed by atoms with Crippen LogP contribution in [0.3, 0.4) is 0 Å². The van der Waals surface area contributed by atoms with Crippen LogP contribution in [0.5, 0.6) is 0 Å². The SMILES string of the molecule is CCNC(=NCCOCC1CCCO1)N1CC(C)OC(c2ccc(F)cc2)C1.I. The molecule has 0 aliphatic carbocycles. The molecule has 8 heteroatoms. The van der Waals surface area contributed by atoms with E-state index in [1.54, 1.807) is 12.1 Å². The molecular weight excluding hydrogens is 488 g/mol. The minimum absolute atomic E-state index is 0. The average Bonchev–Trinajstić information content (AvgIpc) is 3.20. The van der Waals surface area contributed by atoms with Crippen molar-refractivity contribution < 1.29 is 18.6 Å². The first-order valence-electron chi connectivity index (χ1n) is 10.3. The fourth-order valence-electron chi connectivity index (χ4n) is 3.62. The average molecular weight is 521 g/mol. The Labute approximate surface area is 190 Å². The molecule has 6 nitrogen and oxygen atoms in total. The zero-order chi connectivity index (χ0) is 19.8. The van der Waals surface area contributed by atoms with Crippen molar-refractivity contribution in [3.8, 4) is 0 Å². The summed E-state index contributed by atoms with van der Waals surface area (Å²) < 4.78 is 30.6. The van der Waals surface area contributed by atoms with Crippen LogP contribution in [-0.2, 0) is 14.2 Å². The molecule has 29 heavy (non-hydrogen) atoms. The molecule has 164 valence electrons. The number of rotatable bonds is 7. The lowest BCUT2D eigenvalue weighted by molar-refractivity contribution is -0.0605. The number of halogens is 2. The molecule has 1 aromatic carbocycles. The van der Waals surface area contributed by atoms with E-state index in [1.807, 2.05) is 0 Å². The van der Waals surface area contributed by atoms with Crippen LogP contribution >= 0.6 is 24.0 Å². The predicted molar refractivity (Wildman–Crippen MR) is 122 cm³/mol. The van der Waals surface area contributed by atoms with E-state index in [1.165, 1.54) is 12.1 Å². The van der Waals surface area contributed by atoms with E-state index in [-0.39, 0.29) is 48.1 Å². The van der Waals surface area contributed by atoms with E-state index >= 15 is 0 Å². The van der Waals surface area contributed by atoms with Gasteiger partial charge < -0.3 is 24.4 Å². The third-order valence-electron chi connectivity index (χ3n) is 4.96. The summed E-state index contributed by atoms with van der Waals surface area (Å²) in [6.07, 6.45) is 2.41. The Morgan fingerprint density at radius 2 is 2.10 bits per heavy atom. The summed E-state index contributed by atoms with van der Waals surface area (Å²) >= 11 is 0. The van der Waals surface area contributed by atoms with E-state index < -0.39 is 0 Å². The molecule has 2 fully saturated rings. The Kier molecular flexibility index (Phi) is 10.6. The monoisotopic (exact) mass is 521 g/mol. The van der Waals surface area contributed by atoms with Gasteiger partial charge in [-0.2, -0.15) is 0 Å². The maximum absolute atomic E-state index is 13.2. The van der Waals surface area contributed by atoms with Gasteiger partial charge in [0.1, 0.15) is 11.9 Å². The highest BCUT2D eigenvalue weighted by molar-refractivity contribution is 14.0. The molecule has 0 spiro atoms. The number of hydrogen-bond acceptors (Lipinski definition) is 4. The van der Waals surface area contributed by atoms with Gasteiger partial charge in [-0.1, -0.05) is 12.1 Å². The first-order valence-corrected chi connectivity index (χ1v) is 10.3. The van der Waals surface area contributed by atoms with Crippen LogP contribution in [0, 0.1) is 5.82 Å². The fourth-order valence-corrected chi connectivity index (χ4v) is 3.62. The van der Waals surface area contributed by atoms with Crippen LogP contribution in [0.1, 0.15) is 38.4 Å². The van der Waals surface area contributed by atoms with E-state index in [4.69, 9.17) is 19.2 Å². The molecule has 2 aliphatic rings. The Morgan fingerprint density at radius 3 is 2.79 bits per heavy atom. The molecule has 0 saturated carbocycles. The lowest BCUT2D eigenvalue weighted by Crippen LogP contribution is -2.50. The molecule has 0 bridgehead atoms. The number of morpholine rings is 1. The summed E-state index contributed by atoms with van der Waals surface area (Å²) in [5.74, 6) is 0.632. The normalized spacial score (nSPS) is 25.0. The van der Waals surface area contributed by atoms with Crippen molar-refractivity contribution >= 4 is 29.9 Å². The van der Waals surface area contributed by atoms with Gasteiger partial charge in [0.25, 0.3) is 0 Å². The zero-order valence-electron chi connectivity index (χ0n) is 17.3. The van der Waals surface area contributed by atoms with Crippen molar-refractivity contribution in [2.24, 2.45) is 4.99 Å². The minimum atomic E-state index is -0.234. The number of nitrogens with zero attached hydrogens (tertiary/aromatic N) is 2. The number of benzene rings is 1. The maximum atomic E-state index is 13.2. The molecule has 2 heterocycles. The van der Waals surface area contributed by atoms with Gasteiger partial charge in [0.2, 0.25) is 0 Å². The van der Waals surface area contributed by atoms with Crippen LogP contribution < -0.4 is 5.32 Å². The molecule has 1 N–H and O–H groups in total. The lowest BCUT2D eigenvalue weighted by Gasteiger charge is -2.38. The standard InChI is InChI=1S/C21H32FN3O3.HI/c1-3-23-21(24-10-12-26-15-19-5-4-11-27-19)25-13-16(2)28-20(14-25)17-6-8-18(22)9-7-17;/h6-9,16,19-20H,3-5,10-15H2,1-2H3,(H,23,24);1H. The van der Waals surface area contributed by atoms with E-state index in [0.29, 0.717) is 26.3 Å². The Morgan fingerprint density at radius 1 is 1.31 bits per heavy atom. The van der Waals surface area contributed by atoms with Crippen molar-refractivity contribution in [1.29, 1.82) is 0 Å². The first-order chi connectivity index (χ1) is 13.7. The quantitative estimate of drug-likeness (QED) is 0.258.